The molecule has 0 spiro atoms. The number of H-pyrrole nitrogens is 1. The van der Waals surface area contributed by atoms with E-state index in [4.69, 9.17) is 4.52 Å². The van der Waals surface area contributed by atoms with Crippen LogP contribution in [0.5, 0.6) is 5.75 Å². The van der Waals surface area contributed by atoms with Crippen molar-refractivity contribution in [2.24, 2.45) is 4.99 Å². The lowest BCUT2D eigenvalue weighted by molar-refractivity contribution is 0.393. The molecule has 1 aromatic heterocycles. The minimum atomic E-state index is -0.505. The molecule has 0 aliphatic heterocycles. The maximum absolute atomic E-state index is 11.8. The van der Waals surface area contributed by atoms with E-state index in [-0.39, 0.29) is 5.75 Å². The van der Waals surface area contributed by atoms with Crippen LogP contribution in [-0.2, 0) is 0 Å². The number of nitrogens with zero attached hydrogens (tertiary/aromatic N) is 1. The Bertz CT molecular complexity index is 876. The van der Waals surface area contributed by atoms with Gasteiger partial charge in [-0.2, -0.15) is 0 Å². The van der Waals surface area contributed by atoms with E-state index in [9.17, 15) is 9.90 Å². The Kier molecular flexibility index (Phi) is 3.62. The second-order valence-electron chi connectivity index (χ2n) is 4.90. The zero-order chi connectivity index (χ0) is 15.5. The van der Waals surface area contributed by atoms with E-state index in [0.717, 1.165) is 11.1 Å². The van der Waals surface area contributed by atoms with Crippen molar-refractivity contribution in [2.75, 3.05) is 0 Å². The summed E-state index contributed by atoms with van der Waals surface area (Å²) < 4.78 is 4.85. The summed E-state index contributed by atoms with van der Waals surface area (Å²) in [6.07, 6.45) is 1.40. The van der Waals surface area contributed by atoms with E-state index in [0.29, 0.717) is 16.9 Å². The molecular formula is C17H14N2O3. The summed E-state index contributed by atoms with van der Waals surface area (Å²) in [6, 6.07) is 14.5. The van der Waals surface area contributed by atoms with E-state index in [1.807, 2.05) is 43.3 Å². The first kappa shape index (κ1) is 13.9. The van der Waals surface area contributed by atoms with Gasteiger partial charge in [0.05, 0.1) is 5.69 Å². The van der Waals surface area contributed by atoms with Crippen LogP contribution in [-0.4, -0.2) is 16.5 Å². The van der Waals surface area contributed by atoms with Crippen LogP contribution in [0.25, 0.3) is 11.3 Å². The van der Waals surface area contributed by atoms with E-state index in [2.05, 4.69) is 10.1 Å². The second kappa shape index (κ2) is 5.73. The molecule has 0 unspecified atom stereocenters. The minimum Gasteiger partial charge on any atom is -0.506 e. The van der Waals surface area contributed by atoms with E-state index in [1.165, 1.54) is 6.21 Å². The van der Waals surface area contributed by atoms with Crippen LogP contribution in [0.1, 0.15) is 11.1 Å². The lowest BCUT2D eigenvalue weighted by Crippen LogP contribution is -2.01. The summed E-state index contributed by atoms with van der Waals surface area (Å²) in [4.78, 5) is 16.0. The maximum atomic E-state index is 11.8. The number of aromatic nitrogens is 1. The molecule has 2 N–H and O–H groups in total. The predicted molar refractivity (Wildman–Crippen MR) is 84.9 cm³/mol. The molecule has 0 aliphatic rings. The fourth-order valence-electron chi connectivity index (χ4n) is 2.12. The zero-order valence-corrected chi connectivity index (χ0v) is 11.9. The molecule has 3 aromatic rings. The number of aromatic hydroxyl groups is 1. The number of hydrogen-bond acceptors (Lipinski definition) is 4. The summed E-state index contributed by atoms with van der Waals surface area (Å²) in [7, 11) is 0. The number of nitrogens with one attached hydrogen (secondary N) is 1. The highest BCUT2D eigenvalue weighted by atomic mass is 16.5. The summed E-state index contributed by atoms with van der Waals surface area (Å²) in [6.45, 7) is 1.88. The second-order valence-corrected chi connectivity index (χ2v) is 4.90. The number of aromatic amines is 1. The smallest absolute Gasteiger partial charge is 0.366 e. The average Bonchev–Trinajstić information content (AvgIpc) is 2.88. The van der Waals surface area contributed by atoms with E-state index >= 15 is 0 Å². The van der Waals surface area contributed by atoms with Crippen LogP contribution in [0.15, 0.2) is 62.8 Å². The molecule has 1 heterocycles. The van der Waals surface area contributed by atoms with Crippen molar-refractivity contribution in [1.29, 1.82) is 0 Å². The van der Waals surface area contributed by atoms with Gasteiger partial charge in [0.25, 0.3) is 0 Å². The summed E-state index contributed by atoms with van der Waals surface area (Å²) >= 11 is 0. The van der Waals surface area contributed by atoms with Crippen molar-refractivity contribution in [3.8, 4) is 17.0 Å². The molecule has 3 rings (SSSR count). The first-order chi connectivity index (χ1) is 10.6. The predicted octanol–water partition coefficient (Wildman–Crippen LogP) is 3.40. The van der Waals surface area contributed by atoms with Gasteiger partial charge in [-0.25, -0.2) is 9.95 Å². The highest BCUT2D eigenvalue weighted by Gasteiger charge is 2.12. The van der Waals surface area contributed by atoms with Gasteiger partial charge in [0.15, 0.2) is 0 Å². The first-order valence-corrected chi connectivity index (χ1v) is 6.76. The van der Waals surface area contributed by atoms with Crippen LogP contribution < -0.4 is 5.63 Å². The molecule has 0 bridgehead atoms. The van der Waals surface area contributed by atoms with Gasteiger partial charge in [0.1, 0.15) is 17.0 Å². The Labute approximate surface area is 126 Å². The Morgan fingerprint density at radius 3 is 2.68 bits per heavy atom. The number of phenolic OH excluding ortho intramolecular Hbond substituents is 1. The zero-order valence-electron chi connectivity index (χ0n) is 11.9. The highest BCUT2D eigenvalue weighted by molar-refractivity contribution is 5.89. The van der Waals surface area contributed by atoms with Gasteiger partial charge in [-0.05, 0) is 24.6 Å². The largest absolute Gasteiger partial charge is 0.506 e. The summed E-state index contributed by atoms with van der Waals surface area (Å²) in [5, 5.41) is 12.5. The summed E-state index contributed by atoms with van der Waals surface area (Å²) in [5.41, 5.74) is 2.51. The van der Waals surface area contributed by atoms with Crippen molar-refractivity contribution >= 4 is 11.9 Å². The molecule has 0 atom stereocenters. The lowest BCUT2D eigenvalue weighted by atomic mass is 10.1. The van der Waals surface area contributed by atoms with Crippen LogP contribution in [0, 0.1) is 6.92 Å². The fraction of sp³-hybridized carbons (Fsp3) is 0.0588. The molecule has 5 heteroatoms. The monoisotopic (exact) mass is 294 g/mol. The molecule has 0 amide bonds. The average molecular weight is 294 g/mol. The topological polar surface area (TPSA) is 78.6 Å². The molecular weight excluding hydrogens is 280 g/mol. The Morgan fingerprint density at radius 2 is 1.95 bits per heavy atom. The van der Waals surface area contributed by atoms with E-state index < -0.39 is 5.63 Å². The molecule has 5 nitrogen and oxygen atoms in total. The number of hydrogen-bond donors (Lipinski definition) is 2. The number of benzene rings is 2. The van der Waals surface area contributed by atoms with Crippen molar-refractivity contribution < 1.29 is 9.63 Å². The van der Waals surface area contributed by atoms with Crippen LogP contribution in [0.3, 0.4) is 0 Å². The molecule has 0 saturated heterocycles. The summed E-state index contributed by atoms with van der Waals surface area (Å²) in [5.74, 6) is 0.0671. The Hall–Kier alpha value is -3.08. The molecule has 2 aromatic carbocycles. The number of phenols is 1. The van der Waals surface area contributed by atoms with Crippen molar-refractivity contribution in [3.05, 3.63) is 70.1 Å². The first-order valence-electron chi connectivity index (χ1n) is 6.76. The molecule has 0 radical (unpaired) electrons. The number of rotatable bonds is 3. The quantitative estimate of drug-likeness (QED) is 0.727. The van der Waals surface area contributed by atoms with E-state index in [1.54, 1.807) is 12.1 Å². The standard InChI is InChI=1S/C17H14N2O3/c1-11-7-8-14(15(20)9-11)18-10-13-16(19-22-17(13)21)12-5-3-2-4-6-12/h2-10,19-20H,1H3. The molecule has 110 valence electrons. The van der Waals surface area contributed by atoms with Crippen LogP contribution in [0.2, 0.25) is 0 Å². The van der Waals surface area contributed by atoms with Gasteiger partial charge in [0.2, 0.25) is 0 Å². The van der Waals surface area contributed by atoms with Crippen LogP contribution >= 0.6 is 0 Å². The Balaban J connectivity index is 2.01. The van der Waals surface area contributed by atoms with Gasteiger partial charge < -0.3 is 9.63 Å². The molecule has 22 heavy (non-hydrogen) atoms. The fourth-order valence-corrected chi connectivity index (χ4v) is 2.12. The van der Waals surface area contributed by atoms with Gasteiger partial charge >= 0.3 is 5.63 Å². The lowest BCUT2D eigenvalue weighted by Gasteiger charge is -2.00. The van der Waals surface area contributed by atoms with Crippen molar-refractivity contribution in [3.63, 3.8) is 0 Å². The minimum absolute atomic E-state index is 0.0671. The van der Waals surface area contributed by atoms with Crippen molar-refractivity contribution in [1.82, 2.24) is 5.16 Å². The molecule has 0 aliphatic carbocycles. The van der Waals surface area contributed by atoms with Gasteiger partial charge in [-0.3, -0.25) is 4.99 Å². The Morgan fingerprint density at radius 1 is 1.18 bits per heavy atom. The normalized spacial score (nSPS) is 11.1. The number of aliphatic imine (C=N–C) groups is 1. The third-order valence-electron chi connectivity index (χ3n) is 3.26. The molecule has 0 saturated carbocycles. The highest BCUT2D eigenvalue weighted by Crippen LogP contribution is 2.27. The maximum Gasteiger partial charge on any atom is 0.366 e. The van der Waals surface area contributed by atoms with Crippen LogP contribution in [0.4, 0.5) is 5.69 Å². The third kappa shape index (κ3) is 2.69. The number of aryl methyl sites for hydroxylation is 1. The van der Waals surface area contributed by atoms with Crippen molar-refractivity contribution in [2.45, 2.75) is 6.92 Å². The van der Waals surface area contributed by atoms with Gasteiger partial charge in [-0.15, -0.1) is 0 Å². The molecule has 0 fully saturated rings. The SMILES string of the molecule is Cc1ccc(N=Cc2c(-c3ccccc3)[nH]oc2=O)c(O)c1. The third-order valence-corrected chi connectivity index (χ3v) is 3.26. The van der Waals surface area contributed by atoms with Gasteiger partial charge in [-0.1, -0.05) is 36.4 Å². The van der Waals surface area contributed by atoms with Gasteiger partial charge in [0, 0.05) is 11.8 Å².